The lowest BCUT2D eigenvalue weighted by atomic mass is 10.1. The number of hydrogen-bond acceptors (Lipinski definition) is 5. The molecule has 1 amide bonds. The number of nitro groups is 1. The van der Waals surface area contributed by atoms with Crippen LogP contribution in [0.25, 0.3) is 0 Å². The third-order valence-electron chi connectivity index (χ3n) is 4.62. The second-order valence-corrected chi connectivity index (χ2v) is 6.45. The molecule has 0 unspecified atom stereocenters. The Morgan fingerprint density at radius 1 is 1.07 bits per heavy atom. The van der Waals surface area contributed by atoms with Gasteiger partial charge in [0.25, 0.3) is 11.6 Å². The summed E-state index contributed by atoms with van der Waals surface area (Å²) in [5.41, 5.74) is 0.506. The zero-order valence-corrected chi connectivity index (χ0v) is 15.0. The molecule has 2 aromatic rings. The first-order valence-electron chi connectivity index (χ1n) is 8.77. The van der Waals surface area contributed by atoms with E-state index in [2.05, 4.69) is 0 Å². The van der Waals surface area contributed by atoms with Crippen LogP contribution in [-0.4, -0.2) is 34.8 Å². The fraction of sp³-hybridized carbons (Fsp3) is 0.300. The summed E-state index contributed by atoms with van der Waals surface area (Å²) in [4.78, 5) is 38.1. The predicted molar refractivity (Wildman–Crippen MR) is 98.2 cm³/mol. The highest BCUT2D eigenvalue weighted by Gasteiger charge is 2.33. The highest BCUT2D eigenvalue weighted by molar-refractivity contribution is 5.97. The number of nitrogens with zero attached hydrogens (tertiary/aromatic N) is 2. The number of benzene rings is 2. The van der Waals surface area contributed by atoms with Crippen LogP contribution in [0.4, 0.5) is 5.69 Å². The fourth-order valence-corrected chi connectivity index (χ4v) is 3.23. The molecule has 27 heavy (non-hydrogen) atoms. The van der Waals surface area contributed by atoms with Gasteiger partial charge in [-0.15, -0.1) is 0 Å². The molecule has 0 spiro atoms. The van der Waals surface area contributed by atoms with Crippen molar-refractivity contribution in [2.45, 2.75) is 25.9 Å². The zero-order valence-electron chi connectivity index (χ0n) is 15.0. The minimum Gasteiger partial charge on any atom is -0.443 e. The molecule has 1 aliphatic heterocycles. The van der Waals surface area contributed by atoms with Gasteiger partial charge in [-0.2, -0.15) is 0 Å². The van der Waals surface area contributed by atoms with Gasteiger partial charge in [0.15, 0.2) is 0 Å². The van der Waals surface area contributed by atoms with Crippen molar-refractivity contribution in [3.8, 4) is 0 Å². The van der Waals surface area contributed by atoms with Crippen molar-refractivity contribution in [3.63, 3.8) is 0 Å². The van der Waals surface area contributed by atoms with E-state index in [0.717, 1.165) is 12.8 Å². The summed E-state index contributed by atoms with van der Waals surface area (Å²) in [5, 5.41) is 11.3. The maximum Gasteiger partial charge on any atom is 0.346 e. The summed E-state index contributed by atoms with van der Waals surface area (Å²) in [6.45, 7) is 2.83. The van der Waals surface area contributed by atoms with Crippen LogP contribution in [0.3, 0.4) is 0 Å². The Morgan fingerprint density at radius 2 is 1.74 bits per heavy atom. The van der Waals surface area contributed by atoms with Crippen LogP contribution in [0.15, 0.2) is 48.5 Å². The molecular formula is C20H20N2O5. The van der Waals surface area contributed by atoms with Gasteiger partial charge in [0, 0.05) is 24.7 Å². The van der Waals surface area contributed by atoms with Gasteiger partial charge < -0.3 is 9.64 Å². The number of rotatable bonds is 5. The predicted octanol–water partition coefficient (Wildman–Crippen LogP) is 3.42. The third kappa shape index (κ3) is 3.97. The van der Waals surface area contributed by atoms with E-state index in [1.54, 1.807) is 48.2 Å². The van der Waals surface area contributed by atoms with Crippen molar-refractivity contribution in [3.05, 3.63) is 75.3 Å². The number of hydrogen-bond donors (Lipinski definition) is 0. The quantitative estimate of drug-likeness (QED) is 0.458. The molecule has 1 fully saturated rings. The summed E-state index contributed by atoms with van der Waals surface area (Å²) >= 11 is 0. The van der Waals surface area contributed by atoms with Gasteiger partial charge in [0.1, 0.15) is 5.56 Å². The van der Waals surface area contributed by atoms with E-state index >= 15 is 0 Å². The van der Waals surface area contributed by atoms with Crippen molar-refractivity contribution in [2.75, 3.05) is 13.1 Å². The second-order valence-electron chi connectivity index (χ2n) is 6.45. The minimum absolute atomic E-state index is 0.127. The Balaban J connectivity index is 1.94. The van der Waals surface area contributed by atoms with E-state index in [9.17, 15) is 19.7 Å². The normalized spacial score (nSPS) is 14.6. The summed E-state index contributed by atoms with van der Waals surface area (Å²) in [5.74, 6) is -1.18. The van der Waals surface area contributed by atoms with Gasteiger partial charge in [0.05, 0.1) is 4.92 Å². The van der Waals surface area contributed by atoms with Gasteiger partial charge in [-0.1, -0.05) is 42.5 Å². The van der Waals surface area contributed by atoms with Crippen LogP contribution >= 0.6 is 0 Å². The number of likely N-dealkylation sites (tertiary alicyclic amines) is 1. The highest BCUT2D eigenvalue weighted by Crippen LogP contribution is 2.28. The summed E-state index contributed by atoms with van der Waals surface area (Å²) in [7, 11) is 0. The summed E-state index contributed by atoms with van der Waals surface area (Å²) < 4.78 is 5.53. The van der Waals surface area contributed by atoms with Crippen LogP contribution in [0.1, 0.15) is 40.4 Å². The lowest BCUT2D eigenvalue weighted by Gasteiger charge is -2.23. The topological polar surface area (TPSA) is 89.7 Å². The molecular weight excluding hydrogens is 348 g/mol. The Labute approximate surface area is 156 Å². The van der Waals surface area contributed by atoms with Crippen molar-refractivity contribution >= 4 is 17.6 Å². The van der Waals surface area contributed by atoms with Gasteiger partial charge in [-0.3, -0.25) is 14.9 Å². The van der Waals surface area contributed by atoms with Gasteiger partial charge in [-0.25, -0.2) is 4.79 Å². The van der Waals surface area contributed by atoms with Crippen molar-refractivity contribution in [2.24, 2.45) is 0 Å². The SMILES string of the molecule is Cc1cccc([N+](=O)[O-])c1C(=O)O[C@H](C(=O)N1CCCC1)c1ccccc1. The van der Waals surface area contributed by atoms with Crippen LogP contribution in [-0.2, 0) is 9.53 Å². The third-order valence-corrected chi connectivity index (χ3v) is 4.62. The molecule has 0 N–H and O–H groups in total. The molecule has 0 aliphatic carbocycles. The molecule has 140 valence electrons. The number of carbonyl (C=O) groups excluding carboxylic acids is 2. The Kier molecular flexibility index (Phi) is 5.49. The van der Waals surface area contributed by atoms with Crippen molar-refractivity contribution < 1.29 is 19.2 Å². The molecule has 1 heterocycles. The van der Waals surface area contributed by atoms with Crippen LogP contribution in [0.2, 0.25) is 0 Å². The molecule has 1 saturated heterocycles. The number of aryl methyl sites for hydroxylation is 1. The Bertz CT molecular complexity index is 860. The minimum atomic E-state index is -1.13. The molecule has 0 radical (unpaired) electrons. The molecule has 0 saturated carbocycles. The Morgan fingerprint density at radius 3 is 2.37 bits per heavy atom. The molecule has 7 heteroatoms. The molecule has 0 aromatic heterocycles. The van der Waals surface area contributed by atoms with Gasteiger partial charge in [-0.05, 0) is 25.3 Å². The standard InChI is InChI=1S/C20H20N2O5/c1-14-8-7-11-16(22(25)26)17(14)20(24)27-18(15-9-3-2-4-10-15)19(23)21-12-5-6-13-21/h2-4,7-11,18H,5-6,12-13H2,1H3/t18-/m0/s1. The molecule has 2 aromatic carbocycles. The summed E-state index contributed by atoms with van der Waals surface area (Å²) in [6, 6.07) is 13.1. The number of nitro benzene ring substituents is 1. The van der Waals surface area contributed by atoms with E-state index in [4.69, 9.17) is 4.74 Å². The zero-order chi connectivity index (χ0) is 19.4. The first-order valence-corrected chi connectivity index (χ1v) is 8.77. The van der Waals surface area contributed by atoms with Gasteiger partial charge >= 0.3 is 5.97 Å². The number of amides is 1. The molecule has 7 nitrogen and oxygen atoms in total. The monoisotopic (exact) mass is 368 g/mol. The Hall–Kier alpha value is -3.22. The molecule has 0 bridgehead atoms. The van der Waals surface area contributed by atoms with Crippen LogP contribution in [0.5, 0.6) is 0 Å². The van der Waals surface area contributed by atoms with Crippen LogP contribution < -0.4 is 0 Å². The van der Waals surface area contributed by atoms with E-state index in [0.29, 0.717) is 24.2 Å². The van der Waals surface area contributed by atoms with E-state index in [1.807, 2.05) is 0 Å². The smallest absolute Gasteiger partial charge is 0.346 e. The summed E-state index contributed by atoms with van der Waals surface area (Å²) in [6.07, 6.45) is 0.686. The first-order chi connectivity index (χ1) is 13.0. The van der Waals surface area contributed by atoms with E-state index in [1.165, 1.54) is 12.1 Å². The highest BCUT2D eigenvalue weighted by atomic mass is 16.6. The van der Waals surface area contributed by atoms with E-state index in [-0.39, 0.29) is 17.2 Å². The average Bonchev–Trinajstić information content (AvgIpc) is 3.20. The number of esters is 1. The lowest BCUT2D eigenvalue weighted by molar-refractivity contribution is -0.385. The van der Waals surface area contributed by atoms with Gasteiger partial charge in [0.2, 0.25) is 6.10 Å². The average molecular weight is 368 g/mol. The number of ether oxygens (including phenoxy) is 1. The fourth-order valence-electron chi connectivity index (χ4n) is 3.23. The molecule has 1 aliphatic rings. The van der Waals surface area contributed by atoms with Crippen molar-refractivity contribution in [1.82, 2.24) is 4.90 Å². The van der Waals surface area contributed by atoms with E-state index < -0.39 is 17.0 Å². The largest absolute Gasteiger partial charge is 0.443 e. The first kappa shape index (κ1) is 18.6. The lowest BCUT2D eigenvalue weighted by Crippen LogP contribution is -2.35. The van der Waals surface area contributed by atoms with Crippen molar-refractivity contribution in [1.29, 1.82) is 0 Å². The molecule has 3 rings (SSSR count). The maximum absolute atomic E-state index is 12.9. The molecule has 1 atom stereocenters. The van der Waals surface area contributed by atoms with Crippen LogP contribution in [0, 0.1) is 17.0 Å². The maximum atomic E-state index is 12.9. The number of carbonyl (C=O) groups is 2. The second kappa shape index (κ2) is 7.99.